The van der Waals surface area contributed by atoms with Crippen LogP contribution in [0.4, 0.5) is 0 Å². The lowest BCUT2D eigenvalue weighted by molar-refractivity contribution is 0.0510. The van der Waals surface area contributed by atoms with Crippen molar-refractivity contribution < 1.29 is 24.9 Å². The van der Waals surface area contributed by atoms with Crippen molar-refractivity contribution in [3.63, 3.8) is 0 Å². The fourth-order valence-electron chi connectivity index (χ4n) is 1.43. The standard InChI is InChI=1S/C14H18O5/c1-2-3-4-5-6-7-19-14(18)10-8-11(15)13(17)12(16)9-10/h4-5,8-9,15-17H,2-3,6-7H2,1H3. The molecule has 0 bridgehead atoms. The largest absolute Gasteiger partial charge is 0.504 e. The highest BCUT2D eigenvalue weighted by Gasteiger charge is 2.14. The van der Waals surface area contributed by atoms with E-state index in [-0.39, 0.29) is 12.2 Å². The van der Waals surface area contributed by atoms with Crippen LogP contribution >= 0.6 is 0 Å². The van der Waals surface area contributed by atoms with Gasteiger partial charge < -0.3 is 20.1 Å². The molecule has 19 heavy (non-hydrogen) atoms. The summed E-state index contributed by atoms with van der Waals surface area (Å²) in [5.41, 5.74) is -0.00895. The van der Waals surface area contributed by atoms with Crippen LogP contribution in [0, 0.1) is 0 Å². The normalized spacial score (nSPS) is 10.8. The molecule has 1 aromatic rings. The summed E-state index contributed by atoms with van der Waals surface area (Å²) in [7, 11) is 0. The van der Waals surface area contributed by atoms with Crippen LogP contribution in [0.15, 0.2) is 24.3 Å². The average Bonchev–Trinajstić information content (AvgIpc) is 2.39. The van der Waals surface area contributed by atoms with Gasteiger partial charge in [-0.1, -0.05) is 25.5 Å². The molecule has 0 aliphatic rings. The van der Waals surface area contributed by atoms with Gasteiger partial charge in [0.05, 0.1) is 12.2 Å². The van der Waals surface area contributed by atoms with E-state index < -0.39 is 23.2 Å². The van der Waals surface area contributed by atoms with Crippen LogP contribution in [0.2, 0.25) is 0 Å². The van der Waals surface area contributed by atoms with Gasteiger partial charge in [0, 0.05) is 0 Å². The van der Waals surface area contributed by atoms with Gasteiger partial charge in [0.2, 0.25) is 0 Å². The van der Waals surface area contributed by atoms with E-state index in [4.69, 9.17) is 9.84 Å². The summed E-state index contributed by atoms with van der Waals surface area (Å²) in [5.74, 6) is -2.43. The number of hydrogen-bond donors (Lipinski definition) is 3. The van der Waals surface area contributed by atoms with E-state index in [1.165, 1.54) is 0 Å². The molecule has 0 spiro atoms. The maximum Gasteiger partial charge on any atom is 0.338 e. The Morgan fingerprint density at radius 1 is 1.16 bits per heavy atom. The predicted octanol–water partition coefficient (Wildman–Crippen LogP) is 2.71. The zero-order chi connectivity index (χ0) is 14.3. The Labute approximate surface area is 111 Å². The molecular weight excluding hydrogens is 248 g/mol. The van der Waals surface area contributed by atoms with Gasteiger partial charge in [0.15, 0.2) is 17.2 Å². The monoisotopic (exact) mass is 266 g/mol. The molecule has 0 aliphatic heterocycles. The van der Waals surface area contributed by atoms with Gasteiger partial charge in [0.1, 0.15) is 0 Å². The van der Waals surface area contributed by atoms with Gasteiger partial charge in [-0.15, -0.1) is 0 Å². The third-order valence-corrected chi connectivity index (χ3v) is 2.45. The van der Waals surface area contributed by atoms with Crippen molar-refractivity contribution >= 4 is 5.97 Å². The summed E-state index contributed by atoms with van der Waals surface area (Å²) in [5, 5.41) is 27.7. The van der Waals surface area contributed by atoms with E-state index in [9.17, 15) is 15.0 Å². The second-order valence-corrected chi connectivity index (χ2v) is 4.05. The summed E-state index contributed by atoms with van der Waals surface area (Å²) in [6.07, 6.45) is 6.63. The van der Waals surface area contributed by atoms with Crippen molar-refractivity contribution in [2.75, 3.05) is 6.61 Å². The number of carbonyl (C=O) groups excluding carboxylic acids is 1. The Morgan fingerprint density at radius 3 is 2.32 bits per heavy atom. The Bertz CT molecular complexity index is 442. The summed E-state index contributed by atoms with van der Waals surface area (Å²) in [6.45, 7) is 2.30. The van der Waals surface area contributed by atoms with Crippen LogP contribution in [0.25, 0.3) is 0 Å². The zero-order valence-corrected chi connectivity index (χ0v) is 10.8. The Morgan fingerprint density at radius 2 is 1.74 bits per heavy atom. The van der Waals surface area contributed by atoms with Gasteiger partial charge in [-0.25, -0.2) is 4.79 Å². The molecule has 0 aromatic heterocycles. The van der Waals surface area contributed by atoms with Crippen LogP contribution in [-0.2, 0) is 4.74 Å². The number of carbonyl (C=O) groups is 1. The average molecular weight is 266 g/mol. The van der Waals surface area contributed by atoms with E-state index >= 15 is 0 Å². The first-order valence-corrected chi connectivity index (χ1v) is 6.13. The van der Waals surface area contributed by atoms with Gasteiger partial charge in [-0.05, 0) is 25.0 Å². The maximum absolute atomic E-state index is 11.6. The second kappa shape index (κ2) is 7.31. The molecule has 0 heterocycles. The van der Waals surface area contributed by atoms with Crippen LogP contribution in [-0.4, -0.2) is 27.9 Å². The lowest BCUT2D eigenvalue weighted by atomic mass is 10.2. The van der Waals surface area contributed by atoms with E-state index in [0.717, 1.165) is 25.0 Å². The minimum atomic E-state index is -0.658. The van der Waals surface area contributed by atoms with Crippen molar-refractivity contribution in [1.82, 2.24) is 0 Å². The summed E-state index contributed by atoms with van der Waals surface area (Å²) in [4.78, 5) is 11.6. The molecule has 0 saturated carbocycles. The van der Waals surface area contributed by atoms with E-state index in [1.54, 1.807) is 0 Å². The predicted molar refractivity (Wildman–Crippen MR) is 70.4 cm³/mol. The SMILES string of the molecule is CCCC=CCCOC(=O)c1cc(O)c(O)c(O)c1. The molecule has 5 nitrogen and oxygen atoms in total. The molecule has 0 unspecified atom stereocenters. The Kier molecular flexibility index (Phi) is 5.73. The second-order valence-electron chi connectivity index (χ2n) is 4.05. The fourth-order valence-corrected chi connectivity index (χ4v) is 1.43. The van der Waals surface area contributed by atoms with E-state index in [2.05, 4.69) is 6.92 Å². The minimum absolute atomic E-state index is 0.00895. The Hall–Kier alpha value is -2.17. The molecular formula is C14H18O5. The molecule has 0 fully saturated rings. The van der Waals surface area contributed by atoms with E-state index in [1.807, 2.05) is 12.2 Å². The molecule has 0 aliphatic carbocycles. The first-order chi connectivity index (χ1) is 9.06. The van der Waals surface area contributed by atoms with Gasteiger partial charge >= 0.3 is 5.97 Å². The zero-order valence-electron chi connectivity index (χ0n) is 10.8. The van der Waals surface area contributed by atoms with Gasteiger partial charge in [-0.2, -0.15) is 0 Å². The molecule has 0 saturated heterocycles. The molecule has 0 radical (unpaired) electrons. The smallest absolute Gasteiger partial charge is 0.338 e. The number of hydrogen-bond acceptors (Lipinski definition) is 5. The number of rotatable bonds is 6. The molecule has 0 atom stereocenters. The molecule has 1 aromatic carbocycles. The quantitative estimate of drug-likeness (QED) is 0.319. The lowest BCUT2D eigenvalue weighted by Gasteiger charge is -2.06. The third-order valence-electron chi connectivity index (χ3n) is 2.45. The number of unbranched alkanes of at least 4 members (excludes halogenated alkanes) is 1. The summed E-state index contributed by atoms with van der Waals surface area (Å²) < 4.78 is 4.96. The molecule has 1 rings (SSSR count). The van der Waals surface area contributed by atoms with Crippen molar-refractivity contribution in [1.29, 1.82) is 0 Å². The highest BCUT2D eigenvalue weighted by molar-refractivity contribution is 5.91. The number of ether oxygens (including phenoxy) is 1. The van der Waals surface area contributed by atoms with Crippen molar-refractivity contribution in [3.05, 3.63) is 29.8 Å². The maximum atomic E-state index is 11.6. The highest BCUT2D eigenvalue weighted by Crippen LogP contribution is 2.35. The third kappa shape index (κ3) is 4.54. The number of allylic oxidation sites excluding steroid dienone is 1. The number of phenolic OH excluding ortho intramolecular Hbond substituents is 3. The van der Waals surface area contributed by atoms with Crippen molar-refractivity contribution in [2.45, 2.75) is 26.2 Å². The highest BCUT2D eigenvalue weighted by atomic mass is 16.5. The molecule has 0 amide bonds. The number of benzene rings is 1. The van der Waals surface area contributed by atoms with Crippen LogP contribution in [0.1, 0.15) is 36.5 Å². The van der Waals surface area contributed by atoms with Crippen LogP contribution < -0.4 is 0 Å². The van der Waals surface area contributed by atoms with Crippen molar-refractivity contribution in [2.24, 2.45) is 0 Å². The van der Waals surface area contributed by atoms with Crippen LogP contribution in [0.3, 0.4) is 0 Å². The van der Waals surface area contributed by atoms with Gasteiger partial charge in [-0.3, -0.25) is 0 Å². The first-order valence-electron chi connectivity index (χ1n) is 6.13. The van der Waals surface area contributed by atoms with Crippen molar-refractivity contribution in [3.8, 4) is 17.2 Å². The topological polar surface area (TPSA) is 87.0 Å². The molecule has 5 heteroatoms. The fraction of sp³-hybridized carbons (Fsp3) is 0.357. The molecule has 3 N–H and O–H groups in total. The number of phenols is 3. The Balaban J connectivity index is 2.50. The lowest BCUT2D eigenvalue weighted by Crippen LogP contribution is -2.05. The minimum Gasteiger partial charge on any atom is -0.504 e. The summed E-state index contributed by atoms with van der Waals surface area (Å²) >= 11 is 0. The number of aromatic hydroxyl groups is 3. The van der Waals surface area contributed by atoms with Crippen LogP contribution in [0.5, 0.6) is 17.2 Å². The molecule has 104 valence electrons. The van der Waals surface area contributed by atoms with E-state index in [0.29, 0.717) is 6.42 Å². The summed E-state index contributed by atoms with van der Waals surface area (Å²) in [6, 6.07) is 2.09. The first kappa shape index (κ1) is 14.9. The van der Waals surface area contributed by atoms with Gasteiger partial charge in [0.25, 0.3) is 0 Å². The number of esters is 1.